The number of hydrogen-bond acceptors (Lipinski definition) is 1. The normalized spacial score (nSPS) is 28.2. The highest BCUT2D eigenvalue weighted by Gasteiger charge is 2.23. The van der Waals surface area contributed by atoms with Gasteiger partial charge in [-0.3, -0.25) is 0 Å². The van der Waals surface area contributed by atoms with Gasteiger partial charge in [0.05, 0.1) is 5.38 Å². The zero-order valence-corrected chi connectivity index (χ0v) is 7.59. The van der Waals surface area contributed by atoms with Crippen LogP contribution in [0.4, 0.5) is 0 Å². The number of benzene rings is 1. The van der Waals surface area contributed by atoms with Crippen LogP contribution in [-0.2, 0) is 6.42 Å². The lowest BCUT2D eigenvalue weighted by atomic mass is 9.88. The van der Waals surface area contributed by atoms with Gasteiger partial charge in [0.25, 0.3) is 0 Å². The van der Waals surface area contributed by atoms with E-state index in [0.717, 1.165) is 12.8 Å². The minimum Gasteiger partial charge on any atom is -0.323 e. The van der Waals surface area contributed by atoms with E-state index in [2.05, 4.69) is 18.2 Å². The standard InChI is InChI=1S/C10H12ClN/c11-9-6-5-7-3-1-2-4-8(7)10(9)12/h1-4,9-10H,5-6,12H2/t9-,10-/m1/s1. The van der Waals surface area contributed by atoms with Crippen LogP contribution in [0, 0.1) is 0 Å². The Hall–Kier alpha value is -0.530. The molecule has 0 bridgehead atoms. The minimum atomic E-state index is 0.0246. The van der Waals surface area contributed by atoms with Gasteiger partial charge in [-0.25, -0.2) is 0 Å². The van der Waals surface area contributed by atoms with Gasteiger partial charge in [0.1, 0.15) is 0 Å². The highest BCUT2D eigenvalue weighted by atomic mass is 35.5. The molecule has 2 rings (SSSR count). The summed E-state index contributed by atoms with van der Waals surface area (Å²) < 4.78 is 0. The average molecular weight is 182 g/mol. The molecule has 1 aliphatic carbocycles. The van der Waals surface area contributed by atoms with Gasteiger partial charge in [-0.15, -0.1) is 11.6 Å². The van der Waals surface area contributed by atoms with Gasteiger partial charge in [-0.2, -0.15) is 0 Å². The molecule has 0 radical (unpaired) electrons. The van der Waals surface area contributed by atoms with Crippen molar-refractivity contribution in [1.29, 1.82) is 0 Å². The summed E-state index contributed by atoms with van der Waals surface area (Å²) in [6.45, 7) is 0. The van der Waals surface area contributed by atoms with E-state index in [1.165, 1.54) is 11.1 Å². The number of hydrogen-bond donors (Lipinski definition) is 1. The predicted molar refractivity (Wildman–Crippen MR) is 51.3 cm³/mol. The number of rotatable bonds is 0. The fourth-order valence-corrected chi connectivity index (χ4v) is 2.00. The summed E-state index contributed by atoms with van der Waals surface area (Å²) in [6.07, 6.45) is 2.07. The average Bonchev–Trinajstić information content (AvgIpc) is 2.12. The van der Waals surface area contributed by atoms with E-state index < -0.39 is 0 Å². The lowest BCUT2D eigenvalue weighted by Crippen LogP contribution is -2.27. The van der Waals surface area contributed by atoms with Crippen LogP contribution in [0.1, 0.15) is 23.6 Å². The molecule has 2 heteroatoms. The molecule has 0 fully saturated rings. The van der Waals surface area contributed by atoms with Crippen LogP contribution in [0.25, 0.3) is 0 Å². The van der Waals surface area contributed by atoms with Crippen LogP contribution in [0.5, 0.6) is 0 Å². The van der Waals surface area contributed by atoms with E-state index in [4.69, 9.17) is 17.3 Å². The zero-order chi connectivity index (χ0) is 8.55. The first-order valence-corrected chi connectivity index (χ1v) is 4.70. The third-order valence-electron chi connectivity index (χ3n) is 2.49. The molecule has 0 saturated heterocycles. The predicted octanol–water partition coefficient (Wildman–Crippen LogP) is 2.24. The molecule has 1 aliphatic rings. The van der Waals surface area contributed by atoms with E-state index >= 15 is 0 Å². The van der Waals surface area contributed by atoms with Gasteiger partial charge in [-0.05, 0) is 24.0 Å². The smallest absolute Gasteiger partial charge is 0.0532 e. The van der Waals surface area contributed by atoms with E-state index in [0.29, 0.717) is 0 Å². The van der Waals surface area contributed by atoms with Crippen molar-refractivity contribution < 1.29 is 0 Å². The molecule has 0 saturated carbocycles. The first-order valence-electron chi connectivity index (χ1n) is 4.26. The monoisotopic (exact) mass is 181 g/mol. The largest absolute Gasteiger partial charge is 0.323 e. The maximum atomic E-state index is 6.07. The second-order valence-corrected chi connectivity index (χ2v) is 3.84. The molecule has 2 atom stereocenters. The van der Waals surface area contributed by atoms with Crippen LogP contribution in [0.3, 0.4) is 0 Å². The Balaban J connectivity index is 2.42. The van der Waals surface area contributed by atoms with Crippen molar-refractivity contribution in [3.63, 3.8) is 0 Å². The summed E-state index contributed by atoms with van der Waals surface area (Å²) in [5, 5.41) is 0.111. The number of alkyl halides is 1. The zero-order valence-electron chi connectivity index (χ0n) is 6.83. The molecule has 12 heavy (non-hydrogen) atoms. The van der Waals surface area contributed by atoms with E-state index in [-0.39, 0.29) is 11.4 Å². The van der Waals surface area contributed by atoms with Gasteiger partial charge < -0.3 is 5.73 Å². The van der Waals surface area contributed by atoms with Crippen molar-refractivity contribution >= 4 is 11.6 Å². The number of fused-ring (bicyclic) bond motifs is 1. The highest BCUT2D eigenvalue weighted by Crippen LogP contribution is 2.30. The van der Waals surface area contributed by atoms with Crippen LogP contribution in [-0.4, -0.2) is 5.38 Å². The molecule has 2 N–H and O–H groups in total. The first kappa shape index (κ1) is 8.09. The van der Waals surface area contributed by atoms with Gasteiger partial charge in [0.2, 0.25) is 0 Å². The van der Waals surface area contributed by atoms with Crippen molar-refractivity contribution in [2.75, 3.05) is 0 Å². The number of halogens is 1. The molecule has 1 nitrogen and oxygen atoms in total. The Bertz CT molecular complexity index is 285. The van der Waals surface area contributed by atoms with Crippen molar-refractivity contribution in [3.05, 3.63) is 35.4 Å². The molecule has 0 heterocycles. The summed E-state index contributed by atoms with van der Waals surface area (Å²) in [4.78, 5) is 0. The topological polar surface area (TPSA) is 26.0 Å². The molecule has 1 aromatic rings. The summed E-state index contributed by atoms with van der Waals surface area (Å²) in [5.74, 6) is 0. The Morgan fingerprint density at radius 3 is 2.92 bits per heavy atom. The Labute approximate surface area is 77.5 Å². The molecule has 1 aromatic carbocycles. The van der Waals surface area contributed by atoms with Crippen molar-refractivity contribution in [2.24, 2.45) is 5.73 Å². The molecular weight excluding hydrogens is 170 g/mol. The molecule has 0 spiro atoms. The van der Waals surface area contributed by atoms with E-state index in [1.807, 2.05) is 6.07 Å². The van der Waals surface area contributed by atoms with E-state index in [1.54, 1.807) is 0 Å². The summed E-state index contributed by atoms with van der Waals surface area (Å²) in [5.41, 5.74) is 8.55. The molecular formula is C10H12ClN. The molecule has 0 unspecified atom stereocenters. The Kier molecular flexibility index (Phi) is 2.07. The lowest BCUT2D eigenvalue weighted by Gasteiger charge is -2.26. The Morgan fingerprint density at radius 1 is 1.33 bits per heavy atom. The number of aryl methyl sites for hydroxylation is 1. The van der Waals surface area contributed by atoms with Crippen LogP contribution in [0.2, 0.25) is 0 Å². The SMILES string of the molecule is N[C@@H]1c2ccccc2CC[C@H]1Cl. The lowest BCUT2D eigenvalue weighted by molar-refractivity contribution is 0.579. The van der Waals surface area contributed by atoms with Gasteiger partial charge in [0.15, 0.2) is 0 Å². The summed E-state index contributed by atoms with van der Waals surface area (Å²) in [6, 6.07) is 8.32. The third kappa shape index (κ3) is 1.23. The first-order chi connectivity index (χ1) is 5.79. The van der Waals surface area contributed by atoms with Crippen molar-refractivity contribution in [3.8, 4) is 0 Å². The highest BCUT2D eigenvalue weighted by molar-refractivity contribution is 6.21. The summed E-state index contributed by atoms with van der Waals surface area (Å²) in [7, 11) is 0. The van der Waals surface area contributed by atoms with Gasteiger partial charge in [0, 0.05) is 6.04 Å². The van der Waals surface area contributed by atoms with E-state index in [9.17, 15) is 0 Å². The van der Waals surface area contributed by atoms with Crippen LogP contribution < -0.4 is 5.73 Å². The molecule has 64 valence electrons. The van der Waals surface area contributed by atoms with Gasteiger partial charge in [-0.1, -0.05) is 24.3 Å². The molecule has 0 amide bonds. The number of nitrogens with two attached hydrogens (primary N) is 1. The fourth-order valence-electron chi connectivity index (χ4n) is 1.75. The summed E-state index contributed by atoms with van der Waals surface area (Å²) >= 11 is 6.07. The van der Waals surface area contributed by atoms with Crippen LogP contribution >= 0.6 is 11.6 Å². The maximum absolute atomic E-state index is 6.07. The fraction of sp³-hybridized carbons (Fsp3) is 0.400. The van der Waals surface area contributed by atoms with Crippen molar-refractivity contribution in [1.82, 2.24) is 0 Å². The Morgan fingerprint density at radius 2 is 2.08 bits per heavy atom. The minimum absolute atomic E-state index is 0.0246. The quantitative estimate of drug-likeness (QED) is 0.611. The third-order valence-corrected chi connectivity index (χ3v) is 2.98. The molecule has 0 aromatic heterocycles. The van der Waals surface area contributed by atoms with Crippen LogP contribution in [0.15, 0.2) is 24.3 Å². The molecule has 0 aliphatic heterocycles. The van der Waals surface area contributed by atoms with Crippen molar-refractivity contribution in [2.45, 2.75) is 24.3 Å². The second-order valence-electron chi connectivity index (χ2n) is 3.28. The van der Waals surface area contributed by atoms with Gasteiger partial charge >= 0.3 is 0 Å². The second kappa shape index (κ2) is 3.08. The maximum Gasteiger partial charge on any atom is 0.0532 e.